The van der Waals surface area contributed by atoms with Crippen LogP contribution in [0.5, 0.6) is 0 Å². The van der Waals surface area contributed by atoms with Gasteiger partial charge < -0.3 is 14.6 Å². The first-order valence-corrected chi connectivity index (χ1v) is 9.40. The van der Waals surface area contributed by atoms with E-state index in [9.17, 15) is 14.7 Å². The average Bonchev–Trinajstić information content (AvgIpc) is 3.10. The minimum atomic E-state index is -1.37. The van der Waals surface area contributed by atoms with Crippen LogP contribution < -0.4 is 0 Å². The molecule has 4 aliphatic rings. The molecule has 2 fully saturated rings. The molecule has 5 nitrogen and oxygen atoms in total. The lowest BCUT2D eigenvalue weighted by molar-refractivity contribution is -0.136. The highest BCUT2D eigenvalue weighted by atomic mass is 16.6. The Morgan fingerprint density at radius 3 is 2.85 bits per heavy atom. The van der Waals surface area contributed by atoms with Gasteiger partial charge in [0.25, 0.3) is 0 Å². The van der Waals surface area contributed by atoms with Crippen molar-refractivity contribution in [3.8, 4) is 0 Å². The molecule has 2 aliphatic heterocycles. The Hall–Kier alpha value is -1.72. The molecule has 0 aromatic heterocycles. The summed E-state index contributed by atoms with van der Waals surface area (Å²) in [7, 11) is 0. The maximum atomic E-state index is 12.8. The first-order chi connectivity index (χ1) is 12.2. The van der Waals surface area contributed by atoms with Gasteiger partial charge in [0.15, 0.2) is 17.2 Å². The van der Waals surface area contributed by atoms with E-state index in [1.165, 1.54) is 12.5 Å². The summed E-state index contributed by atoms with van der Waals surface area (Å²) in [6.07, 6.45) is 7.90. The monoisotopic (exact) mass is 358 g/mol. The molecule has 0 unspecified atom stereocenters. The van der Waals surface area contributed by atoms with E-state index in [0.717, 1.165) is 12.8 Å². The third-order valence-corrected chi connectivity index (χ3v) is 6.60. The molecular weight excluding hydrogens is 332 g/mol. The van der Waals surface area contributed by atoms with Crippen molar-refractivity contribution >= 4 is 11.6 Å². The molecule has 2 bridgehead atoms. The summed E-state index contributed by atoms with van der Waals surface area (Å²) in [6, 6.07) is 0. The highest BCUT2D eigenvalue weighted by molar-refractivity contribution is 6.04. The van der Waals surface area contributed by atoms with Gasteiger partial charge in [-0.1, -0.05) is 17.7 Å². The summed E-state index contributed by atoms with van der Waals surface area (Å²) < 4.78 is 12.1. The molecule has 5 atom stereocenters. The lowest BCUT2D eigenvalue weighted by Gasteiger charge is -2.44. The highest BCUT2D eigenvalue weighted by Crippen LogP contribution is 2.55. The number of hydrogen-bond acceptors (Lipinski definition) is 5. The molecule has 0 radical (unpaired) electrons. The molecule has 2 heterocycles. The van der Waals surface area contributed by atoms with E-state index >= 15 is 0 Å². The van der Waals surface area contributed by atoms with E-state index in [1.54, 1.807) is 12.2 Å². The van der Waals surface area contributed by atoms with Crippen molar-refractivity contribution in [2.75, 3.05) is 6.61 Å². The Bertz CT molecular complexity index is 760. The van der Waals surface area contributed by atoms with Crippen LogP contribution in [0.2, 0.25) is 0 Å². The van der Waals surface area contributed by atoms with Crippen molar-refractivity contribution in [1.82, 2.24) is 0 Å². The second kappa shape index (κ2) is 5.89. The maximum Gasteiger partial charge on any atom is 0.196 e. The number of ketones is 2. The number of carbonyl (C=O) groups is 2. The van der Waals surface area contributed by atoms with Gasteiger partial charge >= 0.3 is 0 Å². The smallest absolute Gasteiger partial charge is 0.196 e. The maximum absolute atomic E-state index is 12.8. The molecule has 0 amide bonds. The normalized spacial score (nSPS) is 42.1. The quantitative estimate of drug-likeness (QED) is 0.620. The van der Waals surface area contributed by atoms with Gasteiger partial charge in [-0.25, -0.2) is 0 Å². The summed E-state index contributed by atoms with van der Waals surface area (Å²) in [5.74, 6) is 0.959. The summed E-state index contributed by atoms with van der Waals surface area (Å²) in [6.45, 7) is 5.80. The number of Topliss-reactive ketones (excluding diaryl/α,β-unsaturated/α-hetero) is 1. The van der Waals surface area contributed by atoms with Crippen LogP contribution in [0, 0.1) is 11.8 Å². The van der Waals surface area contributed by atoms with E-state index in [0.29, 0.717) is 30.1 Å². The van der Waals surface area contributed by atoms with Gasteiger partial charge in [0.1, 0.15) is 17.5 Å². The van der Waals surface area contributed by atoms with Crippen LogP contribution in [0.15, 0.2) is 35.1 Å². The second-order valence-corrected chi connectivity index (χ2v) is 8.46. The molecule has 0 aromatic carbocycles. The molecule has 2 aliphatic carbocycles. The SMILES string of the molecule is CC(=O)/C=C/C=C(C)[C@@H]1CC[C@@]2(C)OC3=C(C[C@@H]12)C(=O)[C@]1(O)CO[C@H]3C1. The van der Waals surface area contributed by atoms with Gasteiger partial charge in [-0.05, 0) is 52.0 Å². The molecular formula is C21H26O5. The fourth-order valence-electron chi connectivity index (χ4n) is 5.11. The zero-order valence-corrected chi connectivity index (χ0v) is 15.6. The summed E-state index contributed by atoms with van der Waals surface area (Å²) in [4.78, 5) is 23.9. The summed E-state index contributed by atoms with van der Waals surface area (Å²) >= 11 is 0. The number of hydrogen-bond donors (Lipinski definition) is 1. The first-order valence-electron chi connectivity index (χ1n) is 9.40. The van der Waals surface area contributed by atoms with Crippen LogP contribution in [-0.2, 0) is 19.1 Å². The zero-order valence-electron chi connectivity index (χ0n) is 15.6. The molecule has 1 saturated heterocycles. The fourth-order valence-corrected chi connectivity index (χ4v) is 5.11. The Kier molecular flexibility index (Phi) is 4.01. The van der Waals surface area contributed by atoms with Crippen LogP contribution in [-0.4, -0.2) is 40.6 Å². The van der Waals surface area contributed by atoms with Crippen LogP contribution >= 0.6 is 0 Å². The van der Waals surface area contributed by atoms with Crippen LogP contribution in [0.4, 0.5) is 0 Å². The molecule has 0 aromatic rings. The predicted molar refractivity (Wildman–Crippen MR) is 95.2 cm³/mol. The molecule has 5 heteroatoms. The molecule has 26 heavy (non-hydrogen) atoms. The minimum Gasteiger partial charge on any atom is -0.488 e. The summed E-state index contributed by atoms with van der Waals surface area (Å²) in [5, 5.41) is 10.6. The number of aliphatic hydroxyl groups is 1. The number of rotatable bonds is 3. The van der Waals surface area contributed by atoms with Crippen molar-refractivity contribution in [2.45, 2.75) is 63.8 Å². The number of fused-ring (bicyclic) bond motifs is 4. The standard InChI is InChI=1S/C21H26O5/c1-12(5-4-6-13(2)22)14-7-8-20(3)16(14)9-15-18(26-20)17-10-21(24,11-25-17)19(15)23/h4-6,14,16-17,24H,7-11H2,1-3H3/b6-4+,12-5?/t14-,16-,17-,20+,21+/m0/s1. The Morgan fingerprint density at radius 2 is 2.12 bits per heavy atom. The van der Waals surface area contributed by atoms with Crippen molar-refractivity contribution < 1.29 is 24.2 Å². The number of carbonyl (C=O) groups excluding carboxylic acids is 2. The highest BCUT2D eigenvalue weighted by Gasteiger charge is 2.59. The van der Waals surface area contributed by atoms with Crippen molar-refractivity contribution in [2.24, 2.45) is 11.8 Å². The summed E-state index contributed by atoms with van der Waals surface area (Å²) in [5.41, 5.74) is 0.141. The third kappa shape index (κ3) is 2.60. The minimum absolute atomic E-state index is 0.0256. The predicted octanol–water partition coefficient (Wildman–Crippen LogP) is 2.64. The third-order valence-electron chi connectivity index (χ3n) is 6.60. The lowest BCUT2D eigenvalue weighted by atomic mass is 9.72. The zero-order chi connectivity index (χ0) is 18.7. The Balaban J connectivity index is 1.63. The molecule has 1 saturated carbocycles. The van der Waals surface area contributed by atoms with Crippen molar-refractivity contribution in [3.63, 3.8) is 0 Å². The van der Waals surface area contributed by atoms with Gasteiger partial charge in [-0.2, -0.15) is 0 Å². The second-order valence-electron chi connectivity index (χ2n) is 8.46. The van der Waals surface area contributed by atoms with Crippen molar-refractivity contribution in [3.05, 3.63) is 35.1 Å². The van der Waals surface area contributed by atoms with E-state index in [-0.39, 0.29) is 35.8 Å². The Morgan fingerprint density at radius 1 is 1.35 bits per heavy atom. The first kappa shape index (κ1) is 17.7. The fraction of sp³-hybridized carbons (Fsp3) is 0.619. The molecule has 1 N–H and O–H groups in total. The number of ether oxygens (including phenoxy) is 2. The molecule has 140 valence electrons. The van der Waals surface area contributed by atoms with Gasteiger partial charge in [0.2, 0.25) is 0 Å². The largest absolute Gasteiger partial charge is 0.488 e. The van der Waals surface area contributed by atoms with E-state index < -0.39 is 5.60 Å². The van der Waals surface area contributed by atoms with Crippen LogP contribution in [0.3, 0.4) is 0 Å². The molecule has 0 spiro atoms. The van der Waals surface area contributed by atoms with Gasteiger partial charge in [-0.15, -0.1) is 0 Å². The molecule has 4 rings (SSSR count). The Labute approximate surface area is 153 Å². The van der Waals surface area contributed by atoms with E-state index in [4.69, 9.17) is 9.47 Å². The van der Waals surface area contributed by atoms with Gasteiger partial charge in [0, 0.05) is 17.9 Å². The van der Waals surface area contributed by atoms with E-state index in [2.05, 4.69) is 13.8 Å². The number of allylic oxidation sites excluding steroid dienone is 4. The average molecular weight is 358 g/mol. The van der Waals surface area contributed by atoms with Crippen LogP contribution in [0.1, 0.15) is 46.5 Å². The topological polar surface area (TPSA) is 72.8 Å². The van der Waals surface area contributed by atoms with E-state index in [1.807, 2.05) is 6.08 Å². The van der Waals surface area contributed by atoms with Gasteiger partial charge in [0.05, 0.1) is 6.61 Å². The van der Waals surface area contributed by atoms with Crippen molar-refractivity contribution in [1.29, 1.82) is 0 Å². The van der Waals surface area contributed by atoms with Crippen LogP contribution in [0.25, 0.3) is 0 Å². The lowest BCUT2D eigenvalue weighted by Crippen LogP contribution is -2.49. The van der Waals surface area contributed by atoms with Gasteiger partial charge in [-0.3, -0.25) is 9.59 Å².